The summed E-state index contributed by atoms with van der Waals surface area (Å²) in [4.78, 5) is 11.0. The third-order valence-corrected chi connectivity index (χ3v) is 4.09. The number of nitrogens with zero attached hydrogens (tertiary/aromatic N) is 1. The average molecular weight is 258 g/mol. The van der Waals surface area contributed by atoms with Crippen molar-refractivity contribution in [3.8, 4) is 0 Å². The fourth-order valence-corrected chi connectivity index (χ4v) is 2.95. The van der Waals surface area contributed by atoms with Crippen molar-refractivity contribution in [1.29, 1.82) is 0 Å². The van der Waals surface area contributed by atoms with Crippen LogP contribution in [-0.2, 0) is 0 Å². The van der Waals surface area contributed by atoms with Gasteiger partial charge >= 0.3 is 0 Å². The molecular weight excluding hydrogens is 240 g/mol. The molecule has 0 bridgehead atoms. The number of rotatable bonds is 4. The molecule has 1 aliphatic heterocycles. The lowest BCUT2D eigenvalue weighted by atomic mass is 9.91. The topological polar surface area (TPSA) is 55.2 Å². The van der Waals surface area contributed by atoms with E-state index in [1.807, 2.05) is 6.07 Å². The first-order valence-electron chi connectivity index (χ1n) is 6.88. The van der Waals surface area contributed by atoms with Gasteiger partial charge in [0, 0.05) is 12.1 Å². The van der Waals surface area contributed by atoms with Gasteiger partial charge < -0.3 is 5.32 Å². The van der Waals surface area contributed by atoms with E-state index in [0.717, 1.165) is 48.9 Å². The predicted octanol–water partition coefficient (Wildman–Crippen LogP) is 3.24. The molecule has 0 amide bonds. The maximum absolute atomic E-state index is 11.3. The SMILES string of the molecule is C=C(c1c(C2CC2)cccc1[N+](=O)[O-])C1CCCN1. The minimum atomic E-state index is -0.276. The van der Waals surface area contributed by atoms with E-state index in [9.17, 15) is 10.1 Å². The number of nitro groups is 1. The van der Waals surface area contributed by atoms with Gasteiger partial charge in [0.1, 0.15) is 0 Å². The third kappa shape index (κ3) is 2.28. The van der Waals surface area contributed by atoms with Crippen molar-refractivity contribution < 1.29 is 4.92 Å². The van der Waals surface area contributed by atoms with Gasteiger partial charge in [0.2, 0.25) is 0 Å². The lowest BCUT2D eigenvalue weighted by Crippen LogP contribution is -2.23. The average Bonchev–Trinajstić information content (AvgIpc) is 3.11. The molecular formula is C15H18N2O2. The summed E-state index contributed by atoms with van der Waals surface area (Å²) < 4.78 is 0. The van der Waals surface area contributed by atoms with Crippen LogP contribution in [-0.4, -0.2) is 17.5 Å². The summed E-state index contributed by atoms with van der Waals surface area (Å²) in [5.74, 6) is 0.494. The number of benzene rings is 1. The van der Waals surface area contributed by atoms with Crippen LogP contribution in [0.3, 0.4) is 0 Å². The van der Waals surface area contributed by atoms with Crippen LogP contribution in [0.1, 0.15) is 42.7 Å². The highest BCUT2D eigenvalue weighted by molar-refractivity contribution is 5.78. The van der Waals surface area contributed by atoms with Gasteiger partial charge in [-0.15, -0.1) is 0 Å². The van der Waals surface area contributed by atoms with E-state index in [2.05, 4.69) is 11.9 Å². The molecule has 0 radical (unpaired) electrons. The smallest absolute Gasteiger partial charge is 0.277 e. The Morgan fingerprint density at radius 2 is 2.16 bits per heavy atom. The van der Waals surface area contributed by atoms with E-state index >= 15 is 0 Å². The van der Waals surface area contributed by atoms with Crippen LogP contribution in [0.5, 0.6) is 0 Å². The quantitative estimate of drug-likeness (QED) is 0.666. The molecule has 1 saturated carbocycles. The van der Waals surface area contributed by atoms with E-state index in [0.29, 0.717) is 5.92 Å². The summed E-state index contributed by atoms with van der Waals surface area (Å²) in [7, 11) is 0. The highest BCUT2D eigenvalue weighted by atomic mass is 16.6. The molecule has 1 heterocycles. The van der Waals surface area contributed by atoms with Gasteiger partial charge in [-0.1, -0.05) is 18.7 Å². The molecule has 3 rings (SSSR count). The van der Waals surface area contributed by atoms with Crippen LogP contribution in [0.25, 0.3) is 5.57 Å². The molecule has 1 saturated heterocycles. The van der Waals surface area contributed by atoms with Crippen LogP contribution >= 0.6 is 0 Å². The summed E-state index contributed by atoms with van der Waals surface area (Å²) >= 11 is 0. The zero-order valence-corrected chi connectivity index (χ0v) is 10.9. The summed E-state index contributed by atoms with van der Waals surface area (Å²) in [6, 6.07) is 5.62. The predicted molar refractivity (Wildman–Crippen MR) is 75.1 cm³/mol. The van der Waals surface area contributed by atoms with E-state index in [1.54, 1.807) is 12.1 Å². The maximum atomic E-state index is 11.3. The molecule has 1 atom stereocenters. The standard InChI is InChI=1S/C15H18N2O2/c1-10(13-5-3-9-16-13)15-12(11-7-8-11)4-2-6-14(15)17(18)19/h2,4,6,11,13,16H,1,3,5,7-9H2. The Balaban J connectivity index is 2.05. The Labute approximate surface area is 112 Å². The van der Waals surface area contributed by atoms with Gasteiger partial charge in [-0.25, -0.2) is 0 Å². The van der Waals surface area contributed by atoms with Crippen molar-refractivity contribution in [3.05, 3.63) is 46.0 Å². The Morgan fingerprint density at radius 1 is 1.37 bits per heavy atom. The molecule has 1 N–H and O–H groups in total. The van der Waals surface area contributed by atoms with Crippen molar-refractivity contribution >= 4 is 11.3 Å². The second kappa shape index (κ2) is 4.78. The molecule has 1 aromatic rings. The highest BCUT2D eigenvalue weighted by Crippen LogP contribution is 2.46. The van der Waals surface area contributed by atoms with E-state index in [1.165, 1.54) is 0 Å². The minimum Gasteiger partial charge on any atom is -0.310 e. The van der Waals surface area contributed by atoms with E-state index in [-0.39, 0.29) is 16.7 Å². The molecule has 1 unspecified atom stereocenters. The van der Waals surface area contributed by atoms with E-state index < -0.39 is 0 Å². The molecule has 0 spiro atoms. The Bertz CT molecular complexity index is 529. The van der Waals surface area contributed by atoms with E-state index in [4.69, 9.17) is 0 Å². The van der Waals surface area contributed by atoms with Gasteiger partial charge in [0.25, 0.3) is 5.69 Å². The molecule has 2 fully saturated rings. The molecule has 100 valence electrons. The fourth-order valence-electron chi connectivity index (χ4n) is 2.95. The van der Waals surface area contributed by atoms with Crippen LogP contribution in [0.15, 0.2) is 24.8 Å². The molecule has 2 aliphatic rings. The van der Waals surface area contributed by atoms with Crippen LogP contribution in [0, 0.1) is 10.1 Å². The zero-order valence-electron chi connectivity index (χ0n) is 10.9. The molecule has 4 heteroatoms. The Morgan fingerprint density at radius 3 is 2.74 bits per heavy atom. The summed E-state index contributed by atoms with van der Waals surface area (Å²) in [5.41, 5.74) is 3.01. The number of nitro benzene ring substituents is 1. The second-order valence-electron chi connectivity index (χ2n) is 5.45. The summed E-state index contributed by atoms with van der Waals surface area (Å²) in [6.07, 6.45) is 4.41. The fraction of sp³-hybridized carbons (Fsp3) is 0.467. The van der Waals surface area contributed by atoms with Crippen molar-refractivity contribution in [2.45, 2.75) is 37.6 Å². The monoisotopic (exact) mass is 258 g/mol. The van der Waals surface area contributed by atoms with Gasteiger partial charge in [-0.05, 0) is 49.3 Å². The summed E-state index contributed by atoms with van der Waals surface area (Å²) in [5, 5.41) is 14.7. The molecule has 0 aromatic heterocycles. The zero-order chi connectivity index (χ0) is 13.4. The number of hydrogen-bond donors (Lipinski definition) is 1. The van der Waals surface area contributed by atoms with Crippen molar-refractivity contribution in [2.75, 3.05) is 6.54 Å². The van der Waals surface area contributed by atoms with Gasteiger partial charge in [-0.3, -0.25) is 10.1 Å². The molecule has 1 aliphatic carbocycles. The summed E-state index contributed by atoms with van der Waals surface area (Å²) in [6.45, 7) is 5.13. The normalized spacial score (nSPS) is 22.4. The first kappa shape index (κ1) is 12.4. The first-order chi connectivity index (χ1) is 9.18. The maximum Gasteiger partial charge on any atom is 0.277 e. The van der Waals surface area contributed by atoms with Gasteiger partial charge in [0.15, 0.2) is 0 Å². The lowest BCUT2D eigenvalue weighted by molar-refractivity contribution is -0.385. The molecule has 1 aromatic carbocycles. The van der Waals surface area contributed by atoms with Gasteiger partial charge in [0.05, 0.1) is 10.5 Å². The second-order valence-corrected chi connectivity index (χ2v) is 5.45. The van der Waals surface area contributed by atoms with Crippen molar-refractivity contribution in [1.82, 2.24) is 5.32 Å². The Hall–Kier alpha value is -1.68. The van der Waals surface area contributed by atoms with Crippen molar-refractivity contribution in [3.63, 3.8) is 0 Å². The van der Waals surface area contributed by atoms with Crippen molar-refractivity contribution in [2.24, 2.45) is 0 Å². The van der Waals surface area contributed by atoms with Crippen LogP contribution in [0.4, 0.5) is 5.69 Å². The molecule has 4 nitrogen and oxygen atoms in total. The van der Waals surface area contributed by atoms with Crippen LogP contribution < -0.4 is 5.32 Å². The molecule has 19 heavy (non-hydrogen) atoms. The van der Waals surface area contributed by atoms with Crippen LogP contribution in [0.2, 0.25) is 0 Å². The number of nitrogens with one attached hydrogen (secondary N) is 1. The minimum absolute atomic E-state index is 0.193. The lowest BCUT2D eigenvalue weighted by Gasteiger charge is -2.17. The largest absolute Gasteiger partial charge is 0.310 e. The van der Waals surface area contributed by atoms with Gasteiger partial charge in [-0.2, -0.15) is 0 Å². The first-order valence-corrected chi connectivity index (χ1v) is 6.88. The highest BCUT2D eigenvalue weighted by Gasteiger charge is 2.33. The number of hydrogen-bond acceptors (Lipinski definition) is 3. The Kier molecular flexibility index (Phi) is 3.11. The third-order valence-electron chi connectivity index (χ3n) is 4.09.